The molecule has 1 heterocycles. The molecule has 0 aliphatic rings. The van der Waals surface area contributed by atoms with E-state index in [0.717, 1.165) is 33.8 Å². The monoisotopic (exact) mass is 516 g/mol. The van der Waals surface area contributed by atoms with Crippen LogP contribution in [-0.4, -0.2) is 22.3 Å². The second kappa shape index (κ2) is 12.4. The Morgan fingerprint density at radius 2 is 1.44 bits per heavy atom. The lowest BCUT2D eigenvalue weighted by atomic mass is 10.1. The van der Waals surface area contributed by atoms with Crippen LogP contribution in [0.5, 0.6) is 11.5 Å². The second-order valence-electron chi connectivity index (χ2n) is 9.01. The molecule has 0 spiro atoms. The number of ether oxygens (including phenoxy) is 2. The molecule has 0 atom stereocenters. The zero-order chi connectivity index (χ0) is 26.9. The zero-order valence-electron chi connectivity index (χ0n) is 21.5. The Balaban J connectivity index is 1.10. The van der Waals surface area contributed by atoms with Gasteiger partial charge in [-0.15, -0.1) is 0 Å². The van der Waals surface area contributed by atoms with Crippen molar-refractivity contribution in [3.8, 4) is 22.8 Å². The minimum atomic E-state index is -0.383. The predicted octanol–water partition coefficient (Wildman–Crippen LogP) is 6.31. The molecule has 0 aliphatic carbocycles. The highest BCUT2D eigenvalue weighted by molar-refractivity contribution is 5.94. The molecular formula is C32H28N4O3. The van der Waals surface area contributed by atoms with Gasteiger partial charge in [0.15, 0.2) is 0 Å². The van der Waals surface area contributed by atoms with Crippen LogP contribution in [-0.2, 0) is 13.2 Å². The van der Waals surface area contributed by atoms with Crippen LogP contribution >= 0.6 is 0 Å². The van der Waals surface area contributed by atoms with Crippen LogP contribution in [0.25, 0.3) is 11.3 Å². The lowest BCUT2D eigenvalue weighted by molar-refractivity contribution is 0.0950. The molecule has 5 rings (SSSR count). The van der Waals surface area contributed by atoms with Crippen molar-refractivity contribution < 1.29 is 14.3 Å². The molecule has 194 valence electrons. The van der Waals surface area contributed by atoms with Gasteiger partial charge in [-0.2, -0.15) is 10.2 Å². The predicted molar refractivity (Wildman–Crippen MR) is 152 cm³/mol. The fourth-order valence-corrected chi connectivity index (χ4v) is 3.78. The zero-order valence-corrected chi connectivity index (χ0v) is 21.5. The number of nitrogens with one attached hydrogen (secondary N) is 2. The number of carbonyl (C=O) groups is 1. The number of benzene rings is 4. The second-order valence-corrected chi connectivity index (χ2v) is 9.01. The van der Waals surface area contributed by atoms with E-state index in [4.69, 9.17) is 9.47 Å². The molecule has 0 saturated heterocycles. The summed E-state index contributed by atoms with van der Waals surface area (Å²) in [5.74, 6) is 1.14. The van der Waals surface area contributed by atoms with Gasteiger partial charge >= 0.3 is 0 Å². The van der Waals surface area contributed by atoms with Gasteiger partial charge in [0.05, 0.1) is 11.9 Å². The summed E-state index contributed by atoms with van der Waals surface area (Å²) in [6, 6.07) is 35.0. The molecule has 7 nitrogen and oxygen atoms in total. The normalized spacial score (nSPS) is 10.9. The third kappa shape index (κ3) is 7.20. The Morgan fingerprint density at radius 3 is 2.10 bits per heavy atom. The van der Waals surface area contributed by atoms with Crippen molar-refractivity contribution >= 4 is 12.1 Å². The molecule has 0 radical (unpaired) electrons. The molecule has 1 aromatic heterocycles. The third-order valence-electron chi connectivity index (χ3n) is 6.01. The summed E-state index contributed by atoms with van der Waals surface area (Å²) < 4.78 is 11.7. The van der Waals surface area contributed by atoms with E-state index in [1.54, 1.807) is 12.3 Å². The van der Waals surface area contributed by atoms with E-state index in [1.165, 1.54) is 5.56 Å². The fourth-order valence-electron chi connectivity index (χ4n) is 3.78. The van der Waals surface area contributed by atoms with E-state index in [0.29, 0.717) is 24.6 Å². The Hall–Kier alpha value is -5.17. The summed E-state index contributed by atoms with van der Waals surface area (Å²) in [5.41, 5.74) is 8.62. The molecule has 4 aromatic carbocycles. The summed E-state index contributed by atoms with van der Waals surface area (Å²) in [6.45, 7) is 3.06. The first-order valence-corrected chi connectivity index (χ1v) is 12.6. The lowest BCUT2D eigenvalue weighted by Crippen LogP contribution is -2.17. The number of hydrazone groups is 1. The first kappa shape index (κ1) is 25.5. The number of carbonyl (C=O) groups excluding carboxylic acids is 1. The largest absolute Gasteiger partial charge is 0.489 e. The molecule has 0 aliphatic heterocycles. The van der Waals surface area contributed by atoms with Crippen LogP contribution in [0.15, 0.2) is 114 Å². The first-order chi connectivity index (χ1) is 19.1. The maximum absolute atomic E-state index is 12.5. The number of amides is 1. The molecule has 7 heteroatoms. The van der Waals surface area contributed by atoms with Crippen molar-refractivity contribution in [1.29, 1.82) is 0 Å². The van der Waals surface area contributed by atoms with Gasteiger partial charge in [0.2, 0.25) is 0 Å². The number of hydrogen-bond donors (Lipinski definition) is 2. The highest BCUT2D eigenvalue weighted by atomic mass is 16.5. The van der Waals surface area contributed by atoms with Gasteiger partial charge in [0.25, 0.3) is 5.91 Å². The van der Waals surface area contributed by atoms with Crippen LogP contribution in [0, 0.1) is 6.92 Å². The van der Waals surface area contributed by atoms with Gasteiger partial charge < -0.3 is 9.47 Å². The van der Waals surface area contributed by atoms with E-state index in [-0.39, 0.29) is 5.91 Å². The van der Waals surface area contributed by atoms with E-state index < -0.39 is 0 Å². The van der Waals surface area contributed by atoms with Crippen molar-refractivity contribution in [1.82, 2.24) is 15.6 Å². The van der Waals surface area contributed by atoms with Crippen LogP contribution in [0.3, 0.4) is 0 Å². The van der Waals surface area contributed by atoms with Gasteiger partial charge in [-0.25, -0.2) is 5.43 Å². The van der Waals surface area contributed by atoms with Gasteiger partial charge in [0.1, 0.15) is 30.4 Å². The average molecular weight is 517 g/mol. The maximum Gasteiger partial charge on any atom is 0.289 e. The van der Waals surface area contributed by atoms with Crippen LogP contribution < -0.4 is 14.9 Å². The number of rotatable bonds is 10. The fraction of sp³-hybridized carbons (Fsp3) is 0.0938. The molecule has 0 fully saturated rings. The number of aromatic nitrogens is 2. The lowest BCUT2D eigenvalue weighted by Gasteiger charge is -2.07. The molecule has 0 bridgehead atoms. The Labute approximate surface area is 227 Å². The maximum atomic E-state index is 12.5. The highest BCUT2D eigenvalue weighted by Gasteiger charge is 2.10. The van der Waals surface area contributed by atoms with Gasteiger partial charge in [-0.05, 0) is 78.2 Å². The summed E-state index contributed by atoms with van der Waals surface area (Å²) in [5, 5.41) is 11.1. The van der Waals surface area contributed by atoms with Crippen LogP contribution in [0.1, 0.15) is 32.7 Å². The van der Waals surface area contributed by atoms with Crippen molar-refractivity contribution in [2.24, 2.45) is 5.10 Å². The number of aromatic amines is 1. The Bertz CT molecular complexity index is 1530. The summed E-state index contributed by atoms with van der Waals surface area (Å²) in [4.78, 5) is 12.5. The smallest absolute Gasteiger partial charge is 0.289 e. The number of aryl methyl sites for hydroxylation is 1. The highest BCUT2D eigenvalue weighted by Crippen LogP contribution is 2.22. The summed E-state index contributed by atoms with van der Waals surface area (Å²) in [6.07, 6.45) is 1.57. The molecule has 5 aromatic rings. The summed E-state index contributed by atoms with van der Waals surface area (Å²) >= 11 is 0. The van der Waals surface area contributed by atoms with Gasteiger partial charge in [0, 0.05) is 5.56 Å². The molecule has 0 unspecified atom stereocenters. The first-order valence-electron chi connectivity index (χ1n) is 12.6. The topological polar surface area (TPSA) is 88.6 Å². The van der Waals surface area contributed by atoms with Crippen LogP contribution in [0.2, 0.25) is 0 Å². The average Bonchev–Trinajstić information content (AvgIpc) is 3.48. The third-order valence-corrected chi connectivity index (χ3v) is 6.01. The van der Waals surface area contributed by atoms with Gasteiger partial charge in [-0.3, -0.25) is 9.89 Å². The molecule has 0 saturated carbocycles. The molecular weight excluding hydrogens is 488 g/mol. The number of hydrogen-bond acceptors (Lipinski definition) is 5. The Morgan fingerprint density at radius 1 is 0.821 bits per heavy atom. The SMILES string of the molecule is Cc1ccc(COc2ccc(-c3cc(C(=O)NN=Cc4ccc(OCc5ccccc5)cc4)[nH]n3)cc2)cc1. The molecule has 1 amide bonds. The van der Waals surface area contributed by atoms with Crippen molar-refractivity contribution in [2.75, 3.05) is 0 Å². The van der Waals surface area contributed by atoms with E-state index >= 15 is 0 Å². The van der Waals surface area contributed by atoms with Crippen molar-refractivity contribution in [3.63, 3.8) is 0 Å². The molecule has 2 N–H and O–H groups in total. The van der Waals surface area contributed by atoms with Crippen molar-refractivity contribution in [3.05, 3.63) is 137 Å². The van der Waals surface area contributed by atoms with E-state index in [1.807, 2.05) is 78.9 Å². The minimum Gasteiger partial charge on any atom is -0.489 e. The number of H-pyrrole nitrogens is 1. The van der Waals surface area contributed by atoms with E-state index in [2.05, 4.69) is 51.9 Å². The Kier molecular flexibility index (Phi) is 8.09. The van der Waals surface area contributed by atoms with Gasteiger partial charge in [-0.1, -0.05) is 60.2 Å². The quantitative estimate of drug-likeness (QED) is 0.168. The number of nitrogens with zero attached hydrogens (tertiary/aromatic N) is 2. The minimum absolute atomic E-state index is 0.312. The molecule has 39 heavy (non-hydrogen) atoms. The van der Waals surface area contributed by atoms with E-state index in [9.17, 15) is 4.79 Å². The standard InChI is InChI=1S/C32H28N4O3/c1-23-7-9-26(10-8-23)22-39-29-17-13-27(14-18-29)30-19-31(35-34-30)32(37)36-33-20-24-11-15-28(16-12-24)38-21-25-5-3-2-4-6-25/h2-20H,21-22H2,1H3,(H,34,35)(H,36,37). The van der Waals surface area contributed by atoms with Crippen LogP contribution in [0.4, 0.5) is 0 Å². The van der Waals surface area contributed by atoms with Crippen molar-refractivity contribution in [2.45, 2.75) is 20.1 Å². The summed E-state index contributed by atoms with van der Waals surface area (Å²) in [7, 11) is 0.